The van der Waals surface area contributed by atoms with E-state index in [0.717, 1.165) is 35.6 Å². The van der Waals surface area contributed by atoms with Crippen molar-refractivity contribution in [2.45, 2.75) is 37.5 Å². The number of thioether (sulfide) groups is 1. The van der Waals surface area contributed by atoms with Gasteiger partial charge in [-0.3, -0.25) is 9.48 Å². The Bertz CT molecular complexity index is 396. The van der Waals surface area contributed by atoms with Crippen molar-refractivity contribution in [3.05, 3.63) is 17.0 Å². The molecule has 1 aromatic heterocycles. The Morgan fingerprint density at radius 3 is 3.00 bits per heavy atom. The summed E-state index contributed by atoms with van der Waals surface area (Å²) in [5.41, 5.74) is 3.23. The van der Waals surface area contributed by atoms with E-state index in [1.54, 1.807) is 0 Å². The lowest BCUT2D eigenvalue weighted by Gasteiger charge is -2.26. The van der Waals surface area contributed by atoms with Gasteiger partial charge < -0.3 is 0 Å². The number of carbonyl (C=O) groups excluding carboxylic acids is 1. The maximum atomic E-state index is 11.1. The first-order valence-corrected chi connectivity index (χ1v) is 6.69. The molecule has 1 saturated carbocycles. The van der Waals surface area contributed by atoms with Gasteiger partial charge in [0.2, 0.25) is 0 Å². The second kappa shape index (κ2) is 3.67. The summed E-state index contributed by atoms with van der Waals surface area (Å²) in [5.74, 6) is 2.11. The third kappa shape index (κ3) is 1.42. The molecule has 0 bridgehead atoms. The Balaban J connectivity index is 2.05. The Hall–Kier alpha value is -0.770. The zero-order valence-electron chi connectivity index (χ0n) is 8.61. The average Bonchev–Trinajstić information content (AvgIpc) is 2.53. The quantitative estimate of drug-likeness (QED) is 0.720. The number of fused-ring (bicyclic) bond motifs is 1. The molecule has 1 aliphatic carbocycles. The van der Waals surface area contributed by atoms with Gasteiger partial charge in [-0.05, 0) is 31.4 Å². The molecule has 2 aliphatic rings. The Labute approximate surface area is 93.2 Å². The van der Waals surface area contributed by atoms with Crippen molar-refractivity contribution < 1.29 is 4.79 Å². The molecule has 4 heteroatoms. The Morgan fingerprint density at radius 2 is 2.33 bits per heavy atom. The molecule has 0 spiro atoms. The predicted octanol–water partition coefficient (Wildman–Crippen LogP) is 2.21. The molecule has 3 rings (SSSR count). The van der Waals surface area contributed by atoms with Crippen LogP contribution in [0, 0.1) is 0 Å². The molecule has 0 unspecified atom stereocenters. The van der Waals surface area contributed by atoms with Crippen molar-refractivity contribution in [1.82, 2.24) is 9.78 Å². The van der Waals surface area contributed by atoms with Crippen molar-refractivity contribution in [2.75, 3.05) is 5.75 Å². The summed E-state index contributed by atoms with van der Waals surface area (Å²) in [6, 6.07) is 0.501. The van der Waals surface area contributed by atoms with Gasteiger partial charge in [-0.15, -0.1) is 0 Å². The molecule has 2 heterocycles. The first-order chi connectivity index (χ1) is 7.40. The number of hydrogen-bond donors (Lipinski definition) is 0. The minimum atomic E-state index is 0.501. The molecule has 80 valence electrons. The summed E-state index contributed by atoms with van der Waals surface area (Å²) in [4.78, 5) is 11.1. The van der Waals surface area contributed by atoms with Crippen molar-refractivity contribution >= 4 is 18.0 Å². The van der Waals surface area contributed by atoms with Gasteiger partial charge >= 0.3 is 0 Å². The van der Waals surface area contributed by atoms with E-state index in [0.29, 0.717) is 6.04 Å². The van der Waals surface area contributed by atoms with E-state index >= 15 is 0 Å². The summed E-state index contributed by atoms with van der Waals surface area (Å²) < 4.78 is 1.99. The van der Waals surface area contributed by atoms with E-state index < -0.39 is 0 Å². The smallest absolute Gasteiger partial charge is 0.168 e. The summed E-state index contributed by atoms with van der Waals surface area (Å²) in [7, 11) is 0. The SMILES string of the molecule is O=Cc1c2c(nn1C1CCC1)CSCC2. The number of aromatic nitrogens is 2. The molecule has 0 N–H and O–H groups in total. The number of hydrogen-bond acceptors (Lipinski definition) is 3. The van der Waals surface area contributed by atoms with Crippen LogP contribution in [-0.4, -0.2) is 21.8 Å². The van der Waals surface area contributed by atoms with Crippen LogP contribution >= 0.6 is 11.8 Å². The highest BCUT2D eigenvalue weighted by atomic mass is 32.2. The van der Waals surface area contributed by atoms with E-state index in [9.17, 15) is 4.79 Å². The van der Waals surface area contributed by atoms with Gasteiger partial charge in [0.05, 0.1) is 11.7 Å². The van der Waals surface area contributed by atoms with E-state index in [1.807, 2.05) is 16.4 Å². The monoisotopic (exact) mass is 222 g/mol. The second-order valence-corrected chi connectivity index (χ2v) is 5.37. The molecule has 0 saturated heterocycles. The highest BCUT2D eigenvalue weighted by molar-refractivity contribution is 7.98. The van der Waals surface area contributed by atoms with Crippen molar-refractivity contribution in [2.24, 2.45) is 0 Å². The maximum Gasteiger partial charge on any atom is 0.168 e. The van der Waals surface area contributed by atoms with Gasteiger partial charge in [-0.2, -0.15) is 16.9 Å². The van der Waals surface area contributed by atoms with Crippen LogP contribution in [0.4, 0.5) is 0 Å². The highest BCUT2D eigenvalue weighted by Gasteiger charge is 2.27. The number of rotatable bonds is 2. The maximum absolute atomic E-state index is 11.1. The first kappa shape index (κ1) is 9.46. The Kier molecular flexibility index (Phi) is 2.31. The molecule has 0 atom stereocenters. The molecule has 1 aromatic rings. The lowest BCUT2D eigenvalue weighted by Crippen LogP contribution is -2.20. The second-order valence-electron chi connectivity index (χ2n) is 4.26. The van der Waals surface area contributed by atoms with Crippen molar-refractivity contribution in [1.29, 1.82) is 0 Å². The molecule has 0 amide bonds. The van der Waals surface area contributed by atoms with Crippen LogP contribution in [0.15, 0.2) is 0 Å². The van der Waals surface area contributed by atoms with Crippen LogP contribution in [0.1, 0.15) is 47.1 Å². The van der Waals surface area contributed by atoms with E-state index in [4.69, 9.17) is 0 Å². The van der Waals surface area contributed by atoms with Crippen molar-refractivity contribution in [3.8, 4) is 0 Å². The zero-order valence-corrected chi connectivity index (χ0v) is 9.42. The van der Waals surface area contributed by atoms with Crippen LogP contribution in [0.25, 0.3) is 0 Å². The van der Waals surface area contributed by atoms with Crippen LogP contribution in [-0.2, 0) is 12.2 Å². The summed E-state index contributed by atoms with van der Waals surface area (Å²) in [6.07, 6.45) is 5.67. The van der Waals surface area contributed by atoms with Gasteiger partial charge in [-0.1, -0.05) is 0 Å². The minimum Gasteiger partial charge on any atom is -0.296 e. The van der Waals surface area contributed by atoms with Gasteiger partial charge in [0.25, 0.3) is 0 Å². The van der Waals surface area contributed by atoms with Crippen molar-refractivity contribution in [3.63, 3.8) is 0 Å². The predicted molar refractivity (Wildman–Crippen MR) is 60.4 cm³/mol. The number of nitrogens with zero attached hydrogens (tertiary/aromatic N) is 2. The Morgan fingerprint density at radius 1 is 1.47 bits per heavy atom. The molecule has 3 nitrogen and oxygen atoms in total. The molecule has 0 aromatic carbocycles. The van der Waals surface area contributed by atoms with E-state index in [2.05, 4.69) is 5.10 Å². The fourth-order valence-electron chi connectivity index (χ4n) is 2.30. The topological polar surface area (TPSA) is 34.9 Å². The molecular weight excluding hydrogens is 208 g/mol. The van der Waals surface area contributed by atoms with Crippen LogP contribution in [0.5, 0.6) is 0 Å². The lowest BCUT2D eigenvalue weighted by atomic mass is 9.93. The van der Waals surface area contributed by atoms with Crippen LogP contribution < -0.4 is 0 Å². The average molecular weight is 222 g/mol. The standard InChI is InChI=1S/C11H14N2OS/c14-6-11-9-4-5-15-7-10(9)12-13(11)8-2-1-3-8/h6,8H,1-5,7H2. The highest BCUT2D eigenvalue weighted by Crippen LogP contribution is 2.35. The lowest BCUT2D eigenvalue weighted by molar-refractivity contribution is 0.110. The van der Waals surface area contributed by atoms with Gasteiger partial charge in [-0.25, -0.2) is 0 Å². The number of aldehydes is 1. The van der Waals surface area contributed by atoms with Crippen LogP contribution in [0.2, 0.25) is 0 Å². The molecular formula is C11H14N2OS. The van der Waals surface area contributed by atoms with E-state index in [1.165, 1.54) is 24.8 Å². The molecule has 1 aliphatic heterocycles. The third-order valence-electron chi connectivity index (χ3n) is 3.40. The number of carbonyl (C=O) groups is 1. The fraction of sp³-hybridized carbons (Fsp3) is 0.636. The summed E-state index contributed by atoms with van der Waals surface area (Å²) in [5, 5.41) is 4.61. The normalized spacial score (nSPS) is 20.8. The minimum absolute atomic E-state index is 0.501. The largest absolute Gasteiger partial charge is 0.296 e. The van der Waals surface area contributed by atoms with E-state index in [-0.39, 0.29) is 0 Å². The molecule has 1 fully saturated rings. The summed E-state index contributed by atoms with van der Waals surface area (Å²) in [6.45, 7) is 0. The van der Waals surface area contributed by atoms with Gasteiger partial charge in [0.1, 0.15) is 5.69 Å². The van der Waals surface area contributed by atoms with Gasteiger partial charge in [0.15, 0.2) is 6.29 Å². The summed E-state index contributed by atoms with van der Waals surface area (Å²) >= 11 is 1.92. The zero-order chi connectivity index (χ0) is 10.3. The third-order valence-corrected chi connectivity index (χ3v) is 4.37. The fourth-order valence-corrected chi connectivity index (χ4v) is 3.21. The first-order valence-electron chi connectivity index (χ1n) is 5.53. The van der Waals surface area contributed by atoms with Gasteiger partial charge in [0, 0.05) is 11.3 Å². The van der Waals surface area contributed by atoms with Crippen LogP contribution in [0.3, 0.4) is 0 Å². The molecule has 15 heavy (non-hydrogen) atoms. The molecule has 0 radical (unpaired) electrons.